The first-order chi connectivity index (χ1) is 17.4. The molecule has 5 atom stereocenters. The normalized spacial score (nSPS) is 24.5. The summed E-state index contributed by atoms with van der Waals surface area (Å²) in [6.45, 7) is 3.37. The van der Waals surface area contributed by atoms with Crippen molar-refractivity contribution in [1.29, 1.82) is 0 Å². The fraction of sp³-hybridized carbons (Fsp3) is 0.364. The number of aromatic nitrogens is 8. The van der Waals surface area contributed by atoms with Crippen molar-refractivity contribution in [2.45, 2.75) is 44.3 Å². The van der Waals surface area contributed by atoms with Crippen molar-refractivity contribution < 1.29 is 20.1 Å². The lowest BCUT2D eigenvalue weighted by Gasteiger charge is -2.41. The maximum absolute atomic E-state index is 11.4. The van der Waals surface area contributed by atoms with Crippen molar-refractivity contribution in [1.82, 2.24) is 39.7 Å². The molecule has 2 unspecified atom stereocenters. The van der Waals surface area contributed by atoms with Gasteiger partial charge in [-0.05, 0) is 32.0 Å². The molecule has 5 heterocycles. The van der Waals surface area contributed by atoms with Crippen LogP contribution >= 0.6 is 22.7 Å². The highest BCUT2D eigenvalue weighted by molar-refractivity contribution is 7.18. The number of benzene rings is 1. The molecule has 12 nitrogen and oxygen atoms in total. The number of ether oxygens (including phenoxy) is 1. The van der Waals surface area contributed by atoms with Gasteiger partial charge in [0.15, 0.2) is 5.82 Å². The summed E-state index contributed by atoms with van der Waals surface area (Å²) in [6, 6.07) is 4.81. The van der Waals surface area contributed by atoms with E-state index in [1.807, 2.05) is 37.4 Å². The number of hydrogen-bond acceptors (Lipinski definition) is 12. The summed E-state index contributed by atoms with van der Waals surface area (Å²) in [6.07, 6.45) is -1.36. The number of nitrogens with zero attached hydrogens (tertiary/aromatic N) is 8. The van der Waals surface area contributed by atoms with E-state index in [1.54, 1.807) is 22.1 Å². The minimum atomic E-state index is -1.27. The Kier molecular flexibility index (Phi) is 5.86. The fourth-order valence-electron chi connectivity index (χ4n) is 4.44. The zero-order chi connectivity index (χ0) is 25.0. The van der Waals surface area contributed by atoms with E-state index in [4.69, 9.17) is 4.74 Å². The Morgan fingerprint density at radius 2 is 1.97 bits per heavy atom. The van der Waals surface area contributed by atoms with E-state index in [9.17, 15) is 15.3 Å². The van der Waals surface area contributed by atoms with Crippen LogP contribution in [0.2, 0.25) is 0 Å². The summed E-state index contributed by atoms with van der Waals surface area (Å²) in [5.74, 6) is 0.328. The van der Waals surface area contributed by atoms with Crippen LogP contribution in [0, 0.1) is 13.8 Å². The van der Waals surface area contributed by atoms with Crippen LogP contribution in [0.3, 0.4) is 0 Å². The van der Waals surface area contributed by atoms with Gasteiger partial charge in [0.05, 0.1) is 28.0 Å². The van der Waals surface area contributed by atoms with Gasteiger partial charge in [-0.3, -0.25) is 4.57 Å². The molecule has 0 aliphatic carbocycles. The summed E-state index contributed by atoms with van der Waals surface area (Å²) in [7, 11) is 0. The number of hydrogen-bond donors (Lipinski definition) is 3. The van der Waals surface area contributed by atoms with Crippen molar-refractivity contribution in [2.75, 3.05) is 6.61 Å². The van der Waals surface area contributed by atoms with Crippen molar-refractivity contribution in [3.8, 4) is 16.4 Å². The second-order valence-corrected chi connectivity index (χ2v) is 10.7. The van der Waals surface area contributed by atoms with Gasteiger partial charge < -0.3 is 20.1 Å². The Morgan fingerprint density at radius 1 is 1.11 bits per heavy atom. The first kappa shape index (κ1) is 23.3. The SMILES string of the molecule is Cc1csc(-c2cn([C@@H]3C(O)[C@H](c4nncn4-c4ccc5nc(C)sc5c4)OC(CO)[C@@H]3O)nn2)n1. The molecule has 1 saturated heterocycles. The third kappa shape index (κ3) is 3.91. The summed E-state index contributed by atoms with van der Waals surface area (Å²) in [4.78, 5) is 8.92. The number of aryl methyl sites for hydroxylation is 2. The maximum Gasteiger partial charge on any atom is 0.169 e. The van der Waals surface area contributed by atoms with E-state index < -0.39 is 37.1 Å². The van der Waals surface area contributed by atoms with Gasteiger partial charge in [-0.1, -0.05) is 5.21 Å². The lowest BCUT2D eigenvalue weighted by molar-refractivity contribution is -0.210. The van der Waals surface area contributed by atoms with Gasteiger partial charge in [-0.2, -0.15) is 0 Å². The zero-order valence-corrected chi connectivity index (χ0v) is 20.8. The third-order valence-corrected chi connectivity index (χ3v) is 8.05. The molecule has 186 valence electrons. The molecule has 5 aromatic rings. The molecule has 0 bridgehead atoms. The molecule has 0 radical (unpaired) electrons. The Hall–Kier alpha value is -3.14. The number of thiazole rings is 2. The van der Waals surface area contributed by atoms with Gasteiger partial charge in [0, 0.05) is 16.8 Å². The van der Waals surface area contributed by atoms with E-state index >= 15 is 0 Å². The minimum Gasteiger partial charge on any atom is -0.394 e. The molecular weight excluding hydrogens is 504 g/mol. The van der Waals surface area contributed by atoms with Crippen LogP contribution < -0.4 is 0 Å². The van der Waals surface area contributed by atoms with Crippen LogP contribution in [-0.4, -0.2) is 80.0 Å². The molecule has 0 saturated carbocycles. The molecule has 3 N–H and O–H groups in total. The average Bonchev–Trinajstić information content (AvgIpc) is 3.65. The van der Waals surface area contributed by atoms with Crippen molar-refractivity contribution in [2.24, 2.45) is 0 Å². The molecule has 6 rings (SSSR count). The van der Waals surface area contributed by atoms with Gasteiger partial charge in [0.2, 0.25) is 0 Å². The average molecular weight is 527 g/mol. The number of aliphatic hydroxyl groups is 3. The maximum atomic E-state index is 11.4. The quantitative estimate of drug-likeness (QED) is 0.307. The lowest BCUT2D eigenvalue weighted by Crippen LogP contribution is -2.53. The lowest BCUT2D eigenvalue weighted by atomic mass is 9.92. The molecular formula is C22H22N8O4S2. The minimum absolute atomic E-state index is 0.328. The predicted molar refractivity (Wildman–Crippen MR) is 131 cm³/mol. The Bertz CT molecular complexity index is 1530. The number of aliphatic hydroxyl groups excluding tert-OH is 3. The van der Waals surface area contributed by atoms with Crippen LogP contribution in [-0.2, 0) is 4.74 Å². The van der Waals surface area contributed by atoms with Crippen molar-refractivity contribution in [3.05, 3.63) is 52.6 Å². The van der Waals surface area contributed by atoms with Gasteiger partial charge in [-0.25, -0.2) is 14.6 Å². The number of fused-ring (bicyclic) bond motifs is 1. The van der Waals surface area contributed by atoms with E-state index in [1.165, 1.54) is 22.3 Å². The van der Waals surface area contributed by atoms with Crippen molar-refractivity contribution >= 4 is 32.9 Å². The molecule has 0 amide bonds. The van der Waals surface area contributed by atoms with E-state index in [-0.39, 0.29) is 0 Å². The highest BCUT2D eigenvalue weighted by Crippen LogP contribution is 2.38. The first-order valence-corrected chi connectivity index (χ1v) is 12.9. The first-order valence-electron chi connectivity index (χ1n) is 11.2. The van der Waals surface area contributed by atoms with Gasteiger partial charge in [0.25, 0.3) is 0 Å². The monoisotopic (exact) mass is 526 g/mol. The van der Waals surface area contributed by atoms with Crippen LogP contribution in [0.4, 0.5) is 0 Å². The highest BCUT2D eigenvalue weighted by Gasteiger charge is 2.48. The van der Waals surface area contributed by atoms with E-state index in [0.29, 0.717) is 16.5 Å². The van der Waals surface area contributed by atoms with E-state index in [2.05, 4.69) is 30.5 Å². The molecule has 1 fully saturated rings. The fourth-order valence-corrected chi connectivity index (χ4v) is 6.04. The van der Waals surface area contributed by atoms with Crippen LogP contribution in [0.1, 0.15) is 28.7 Å². The number of rotatable bonds is 5. The molecule has 1 aliphatic rings. The van der Waals surface area contributed by atoms with Crippen LogP contribution in [0.25, 0.3) is 26.6 Å². The Labute approximate surface area is 212 Å². The largest absolute Gasteiger partial charge is 0.394 e. The second-order valence-electron chi connectivity index (χ2n) is 8.57. The van der Waals surface area contributed by atoms with Crippen LogP contribution in [0.15, 0.2) is 36.1 Å². The summed E-state index contributed by atoms with van der Waals surface area (Å²) >= 11 is 3.00. The van der Waals surface area contributed by atoms with Crippen LogP contribution in [0.5, 0.6) is 0 Å². The Balaban J connectivity index is 1.37. The molecule has 4 aromatic heterocycles. The van der Waals surface area contributed by atoms with Crippen molar-refractivity contribution in [3.63, 3.8) is 0 Å². The molecule has 36 heavy (non-hydrogen) atoms. The second kappa shape index (κ2) is 9.06. The topological polar surface area (TPSA) is 157 Å². The van der Waals surface area contributed by atoms with Gasteiger partial charge >= 0.3 is 0 Å². The third-order valence-electron chi connectivity index (χ3n) is 6.13. The molecule has 1 aliphatic heterocycles. The molecule has 1 aromatic carbocycles. The molecule has 14 heteroatoms. The summed E-state index contributed by atoms with van der Waals surface area (Å²) < 4.78 is 10.1. The predicted octanol–water partition coefficient (Wildman–Crippen LogP) is 1.60. The summed E-state index contributed by atoms with van der Waals surface area (Å²) in [5, 5.41) is 52.5. The van der Waals surface area contributed by atoms with E-state index in [0.717, 1.165) is 26.6 Å². The standard InChI is InChI=1S/C22H22N8O4S2/c1-10-8-35-22(24-10)14-6-30(28-26-14)17-18(32)15(7-31)34-20(19(17)33)21-27-23-9-29(21)12-3-4-13-16(5-12)36-11(2)25-13/h3-6,8-9,15,17-20,31-33H,7H2,1-2H3/t15?,17-,18-,19?,20+/m0/s1. The molecule has 0 spiro atoms. The van der Waals surface area contributed by atoms with Gasteiger partial charge in [0.1, 0.15) is 47.5 Å². The van der Waals surface area contributed by atoms with Gasteiger partial charge in [-0.15, -0.1) is 38.0 Å². The summed E-state index contributed by atoms with van der Waals surface area (Å²) in [5.41, 5.74) is 3.05. The zero-order valence-electron chi connectivity index (χ0n) is 19.2. The smallest absolute Gasteiger partial charge is 0.169 e. The Morgan fingerprint density at radius 3 is 2.75 bits per heavy atom. The highest BCUT2D eigenvalue weighted by atomic mass is 32.1.